The number of benzene rings is 1. The number of nitrogens with two attached hydrogens (primary N) is 1. The van der Waals surface area contributed by atoms with Crippen molar-refractivity contribution in [2.75, 3.05) is 0 Å². The minimum Gasteiger partial charge on any atom is -0.369 e. The van der Waals surface area contributed by atoms with Crippen LogP contribution in [0.5, 0.6) is 0 Å². The molecule has 0 bridgehead atoms. The Hall–Kier alpha value is -1.10. The molecule has 1 aromatic carbocycles. The minimum atomic E-state index is -0.678. The van der Waals surface area contributed by atoms with Crippen molar-refractivity contribution < 1.29 is 13.6 Å². The van der Waals surface area contributed by atoms with Crippen molar-refractivity contribution in [1.29, 1.82) is 0 Å². The maximum absolute atomic E-state index is 13.1. The van der Waals surface area contributed by atoms with E-state index in [9.17, 15) is 13.6 Å². The number of amides is 1. The quantitative estimate of drug-likeness (QED) is 0.786. The van der Waals surface area contributed by atoms with E-state index in [2.05, 4.69) is 0 Å². The molecule has 0 spiro atoms. The van der Waals surface area contributed by atoms with E-state index < -0.39 is 22.8 Å². The summed E-state index contributed by atoms with van der Waals surface area (Å²) in [5, 5.41) is -0.532. The highest BCUT2D eigenvalue weighted by Gasteiger charge is 2.13. The Morgan fingerprint density at radius 3 is 2.64 bits per heavy atom. The minimum absolute atomic E-state index is 0.220. The summed E-state index contributed by atoms with van der Waals surface area (Å²) in [4.78, 5) is 10.9. The van der Waals surface area contributed by atoms with Crippen LogP contribution in [-0.4, -0.2) is 11.2 Å². The molecule has 0 saturated heterocycles. The maximum atomic E-state index is 13.1. The molecule has 0 aliphatic carbocycles. The van der Waals surface area contributed by atoms with E-state index in [1.165, 1.54) is 6.07 Å². The Labute approximate surface area is 84.5 Å². The van der Waals surface area contributed by atoms with E-state index >= 15 is 0 Å². The molecule has 5 heteroatoms. The van der Waals surface area contributed by atoms with Crippen LogP contribution >= 0.6 is 11.8 Å². The Morgan fingerprint density at radius 2 is 2.14 bits per heavy atom. The first-order valence-corrected chi connectivity index (χ1v) is 4.79. The first kappa shape index (κ1) is 11.0. The highest BCUT2D eigenvalue weighted by molar-refractivity contribution is 8.00. The average Bonchev–Trinajstić information content (AvgIpc) is 2.09. The van der Waals surface area contributed by atoms with E-state index in [4.69, 9.17) is 5.73 Å². The van der Waals surface area contributed by atoms with Crippen molar-refractivity contribution in [3.8, 4) is 0 Å². The fraction of sp³-hybridized carbons (Fsp3) is 0.222. The number of hydrogen-bond acceptors (Lipinski definition) is 2. The van der Waals surface area contributed by atoms with Gasteiger partial charge in [-0.2, -0.15) is 0 Å². The second-order valence-corrected chi connectivity index (χ2v) is 4.12. The van der Waals surface area contributed by atoms with Gasteiger partial charge in [-0.25, -0.2) is 8.78 Å². The lowest BCUT2D eigenvalue weighted by Crippen LogP contribution is -2.22. The molecule has 0 aliphatic rings. The van der Waals surface area contributed by atoms with Crippen LogP contribution in [0.25, 0.3) is 0 Å². The van der Waals surface area contributed by atoms with E-state index in [1.807, 2.05) is 0 Å². The lowest BCUT2D eigenvalue weighted by atomic mass is 10.3. The van der Waals surface area contributed by atoms with Crippen molar-refractivity contribution in [2.24, 2.45) is 5.73 Å². The van der Waals surface area contributed by atoms with Gasteiger partial charge in [-0.3, -0.25) is 4.79 Å². The van der Waals surface area contributed by atoms with Crippen LogP contribution < -0.4 is 5.73 Å². The van der Waals surface area contributed by atoms with Gasteiger partial charge in [0.05, 0.1) is 5.25 Å². The smallest absolute Gasteiger partial charge is 0.230 e. The molecule has 1 atom stereocenters. The summed E-state index contributed by atoms with van der Waals surface area (Å²) in [5.41, 5.74) is 5.01. The fourth-order valence-electron chi connectivity index (χ4n) is 0.819. The van der Waals surface area contributed by atoms with Gasteiger partial charge in [0.1, 0.15) is 11.6 Å². The summed E-state index contributed by atoms with van der Waals surface area (Å²) in [6.07, 6.45) is 0. The van der Waals surface area contributed by atoms with Crippen LogP contribution in [0.4, 0.5) is 8.78 Å². The molecule has 0 heterocycles. The van der Waals surface area contributed by atoms with Crippen molar-refractivity contribution in [3.05, 3.63) is 29.8 Å². The molecule has 0 saturated carbocycles. The molecular weight excluding hydrogens is 208 g/mol. The van der Waals surface area contributed by atoms with Gasteiger partial charge in [-0.05, 0) is 19.1 Å². The third kappa shape index (κ3) is 2.70. The molecule has 1 rings (SSSR count). The Kier molecular flexibility index (Phi) is 3.46. The highest BCUT2D eigenvalue weighted by atomic mass is 32.2. The van der Waals surface area contributed by atoms with Crippen LogP contribution in [-0.2, 0) is 4.79 Å². The standard InChI is InChI=1S/C9H9F2NOS/c1-5(9(12)13)14-8-3-2-6(10)4-7(8)11/h2-5H,1H3,(H2,12,13). The zero-order valence-electron chi connectivity index (χ0n) is 7.46. The molecule has 0 aliphatic heterocycles. The predicted molar refractivity (Wildman–Crippen MR) is 50.9 cm³/mol. The Bertz CT molecular complexity index is 357. The first-order chi connectivity index (χ1) is 6.50. The molecule has 0 fully saturated rings. The molecular formula is C9H9F2NOS. The number of rotatable bonds is 3. The monoisotopic (exact) mass is 217 g/mol. The summed E-state index contributed by atoms with van der Waals surface area (Å²) in [6.45, 7) is 1.57. The van der Waals surface area contributed by atoms with Crippen LogP contribution in [0.2, 0.25) is 0 Å². The molecule has 1 amide bonds. The third-order valence-corrected chi connectivity index (χ3v) is 2.77. The van der Waals surface area contributed by atoms with Gasteiger partial charge in [-0.1, -0.05) is 0 Å². The third-order valence-electron chi connectivity index (χ3n) is 1.60. The SMILES string of the molecule is CC(Sc1ccc(F)cc1F)C(N)=O. The number of carbonyl (C=O) groups is 1. The van der Waals surface area contributed by atoms with Gasteiger partial charge in [0.2, 0.25) is 5.91 Å². The summed E-state index contributed by atoms with van der Waals surface area (Å²) in [7, 11) is 0. The molecule has 0 aromatic heterocycles. The van der Waals surface area contributed by atoms with E-state index in [0.717, 1.165) is 23.9 Å². The van der Waals surface area contributed by atoms with Crippen molar-refractivity contribution in [2.45, 2.75) is 17.1 Å². The lowest BCUT2D eigenvalue weighted by molar-refractivity contribution is -0.117. The molecule has 0 radical (unpaired) electrons. The highest BCUT2D eigenvalue weighted by Crippen LogP contribution is 2.26. The molecule has 1 unspecified atom stereocenters. The summed E-state index contributed by atoms with van der Waals surface area (Å²) >= 11 is 0.971. The van der Waals surface area contributed by atoms with Gasteiger partial charge < -0.3 is 5.73 Å². The number of carbonyl (C=O) groups excluding carboxylic acids is 1. The van der Waals surface area contributed by atoms with Crippen LogP contribution in [0.1, 0.15) is 6.92 Å². The number of thioether (sulfide) groups is 1. The largest absolute Gasteiger partial charge is 0.369 e. The zero-order valence-corrected chi connectivity index (χ0v) is 8.28. The predicted octanol–water partition coefficient (Wildman–Crippen LogP) is 1.93. The average molecular weight is 217 g/mol. The van der Waals surface area contributed by atoms with Gasteiger partial charge >= 0.3 is 0 Å². The molecule has 2 nitrogen and oxygen atoms in total. The summed E-state index contributed by atoms with van der Waals surface area (Å²) in [6, 6.07) is 3.20. The zero-order chi connectivity index (χ0) is 10.7. The van der Waals surface area contributed by atoms with Crippen LogP contribution in [0.3, 0.4) is 0 Å². The Morgan fingerprint density at radius 1 is 1.50 bits per heavy atom. The van der Waals surface area contributed by atoms with Crippen LogP contribution in [0.15, 0.2) is 23.1 Å². The summed E-state index contributed by atoms with van der Waals surface area (Å²) in [5.74, 6) is -1.85. The van der Waals surface area contributed by atoms with Gasteiger partial charge in [0, 0.05) is 11.0 Å². The first-order valence-electron chi connectivity index (χ1n) is 3.91. The van der Waals surface area contributed by atoms with E-state index in [0.29, 0.717) is 0 Å². The fourth-order valence-corrected chi connectivity index (χ4v) is 1.63. The van der Waals surface area contributed by atoms with Crippen molar-refractivity contribution in [3.63, 3.8) is 0 Å². The molecule has 14 heavy (non-hydrogen) atoms. The maximum Gasteiger partial charge on any atom is 0.230 e. The molecule has 2 N–H and O–H groups in total. The van der Waals surface area contributed by atoms with Crippen molar-refractivity contribution >= 4 is 17.7 Å². The second kappa shape index (κ2) is 4.41. The lowest BCUT2D eigenvalue weighted by Gasteiger charge is -2.07. The number of halogens is 2. The number of hydrogen-bond donors (Lipinski definition) is 1. The topological polar surface area (TPSA) is 43.1 Å². The van der Waals surface area contributed by atoms with Gasteiger partial charge in [-0.15, -0.1) is 11.8 Å². The van der Waals surface area contributed by atoms with E-state index in [1.54, 1.807) is 6.92 Å². The normalized spacial score (nSPS) is 12.5. The van der Waals surface area contributed by atoms with Gasteiger partial charge in [0.15, 0.2) is 0 Å². The Balaban J connectivity index is 2.82. The van der Waals surface area contributed by atoms with Gasteiger partial charge in [0.25, 0.3) is 0 Å². The number of primary amides is 1. The van der Waals surface area contributed by atoms with Crippen LogP contribution in [0, 0.1) is 11.6 Å². The van der Waals surface area contributed by atoms with Crippen molar-refractivity contribution in [1.82, 2.24) is 0 Å². The van der Waals surface area contributed by atoms with E-state index in [-0.39, 0.29) is 4.90 Å². The summed E-state index contributed by atoms with van der Waals surface area (Å²) < 4.78 is 25.6. The molecule has 1 aromatic rings. The second-order valence-electron chi connectivity index (χ2n) is 2.74. The molecule has 76 valence electrons.